The molecule has 1 N–H and O–H groups in total. The van der Waals surface area contributed by atoms with Gasteiger partial charge in [-0.2, -0.15) is 0 Å². The Morgan fingerprint density at radius 3 is 3.07 bits per heavy atom. The molecule has 0 aromatic heterocycles. The summed E-state index contributed by atoms with van der Waals surface area (Å²) >= 11 is 3.49. The van der Waals surface area contributed by atoms with Gasteiger partial charge in [-0.1, -0.05) is 15.9 Å². The lowest BCUT2D eigenvalue weighted by Gasteiger charge is -2.24. The average Bonchev–Trinajstić information content (AvgIpc) is 2.22. The first-order chi connectivity index (χ1) is 7.24. The SMILES string of the molecule is CCOc1ccc(Br)c2c1CCC[C@@H]2O. The Kier molecular flexibility index (Phi) is 3.32. The Hall–Kier alpha value is -0.540. The van der Waals surface area contributed by atoms with Crippen LogP contribution in [0.15, 0.2) is 16.6 Å². The first kappa shape index (κ1) is 11.0. The van der Waals surface area contributed by atoms with Crippen LogP contribution in [0.1, 0.15) is 37.0 Å². The number of aliphatic hydroxyl groups is 1. The summed E-state index contributed by atoms with van der Waals surface area (Å²) in [6.07, 6.45) is 2.54. The van der Waals surface area contributed by atoms with E-state index < -0.39 is 0 Å². The highest BCUT2D eigenvalue weighted by Gasteiger charge is 2.23. The first-order valence-corrected chi connectivity index (χ1v) is 6.15. The Morgan fingerprint density at radius 2 is 2.33 bits per heavy atom. The van der Waals surface area contributed by atoms with Crippen molar-refractivity contribution in [2.75, 3.05) is 6.61 Å². The Balaban J connectivity index is 2.48. The van der Waals surface area contributed by atoms with Gasteiger partial charge in [-0.15, -0.1) is 0 Å². The molecule has 0 saturated carbocycles. The summed E-state index contributed by atoms with van der Waals surface area (Å²) < 4.78 is 6.57. The van der Waals surface area contributed by atoms with Crippen molar-refractivity contribution in [2.45, 2.75) is 32.3 Å². The van der Waals surface area contributed by atoms with Gasteiger partial charge in [0.15, 0.2) is 0 Å². The second-order valence-electron chi connectivity index (χ2n) is 3.78. The van der Waals surface area contributed by atoms with E-state index in [2.05, 4.69) is 15.9 Å². The highest BCUT2D eigenvalue weighted by atomic mass is 79.9. The van der Waals surface area contributed by atoms with Gasteiger partial charge in [-0.05, 0) is 38.3 Å². The van der Waals surface area contributed by atoms with Crippen molar-refractivity contribution >= 4 is 15.9 Å². The molecule has 15 heavy (non-hydrogen) atoms. The first-order valence-electron chi connectivity index (χ1n) is 5.36. The molecule has 2 rings (SSSR count). The molecule has 2 nitrogen and oxygen atoms in total. The maximum atomic E-state index is 9.95. The van der Waals surface area contributed by atoms with E-state index in [-0.39, 0.29) is 6.10 Å². The smallest absolute Gasteiger partial charge is 0.122 e. The number of halogens is 1. The second-order valence-corrected chi connectivity index (χ2v) is 4.63. The normalized spacial score (nSPS) is 19.8. The third kappa shape index (κ3) is 2.04. The molecule has 3 heteroatoms. The minimum atomic E-state index is -0.344. The van der Waals surface area contributed by atoms with Crippen LogP contribution in [0, 0.1) is 0 Å². The molecule has 0 amide bonds. The zero-order valence-corrected chi connectivity index (χ0v) is 10.4. The summed E-state index contributed by atoms with van der Waals surface area (Å²) in [5.41, 5.74) is 2.19. The predicted octanol–water partition coefficient (Wildman–Crippen LogP) is 3.22. The van der Waals surface area contributed by atoms with Gasteiger partial charge in [-0.3, -0.25) is 0 Å². The van der Waals surface area contributed by atoms with E-state index in [0.717, 1.165) is 35.0 Å². The van der Waals surface area contributed by atoms with Crippen LogP contribution in [0.5, 0.6) is 5.75 Å². The van der Waals surface area contributed by atoms with Gasteiger partial charge < -0.3 is 9.84 Å². The number of hydrogen-bond donors (Lipinski definition) is 1. The Bertz CT molecular complexity index is 363. The van der Waals surface area contributed by atoms with Crippen molar-refractivity contribution in [3.63, 3.8) is 0 Å². The van der Waals surface area contributed by atoms with E-state index in [9.17, 15) is 5.11 Å². The zero-order chi connectivity index (χ0) is 10.8. The van der Waals surface area contributed by atoms with E-state index in [1.807, 2.05) is 19.1 Å². The van der Waals surface area contributed by atoms with Gasteiger partial charge in [0, 0.05) is 15.6 Å². The van der Waals surface area contributed by atoms with Gasteiger partial charge in [0.2, 0.25) is 0 Å². The Labute approximate surface area is 98.4 Å². The number of fused-ring (bicyclic) bond motifs is 1. The predicted molar refractivity (Wildman–Crippen MR) is 63.2 cm³/mol. The highest BCUT2D eigenvalue weighted by molar-refractivity contribution is 9.10. The lowest BCUT2D eigenvalue weighted by Crippen LogP contribution is -2.12. The molecule has 0 radical (unpaired) electrons. The summed E-state index contributed by atoms with van der Waals surface area (Å²) in [5.74, 6) is 0.925. The standard InChI is InChI=1S/C12H15BrO2/c1-2-15-11-7-6-9(13)12-8(11)4-3-5-10(12)14/h6-7,10,14H,2-5H2,1H3/t10-/m0/s1. The molecule has 0 saturated heterocycles. The fraction of sp³-hybridized carbons (Fsp3) is 0.500. The van der Waals surface area contributed by atoms with Crippen LogP contribution in [-0.4, -0.2) is 11.7 Å². The monoisotopic (exact) mass is 270 g/mol. The summed E-state index contributed by atoms with van der Waals surface area (Å²) in [6.45, 7) is 2.65. The number of rotatable bonds is 2. The van der Waals surface area contributed by atoms with E-state index in [4.69, 9.17) is 4.74 Å². The molecule has 1 aliphatic rings. The summed E-state index contributed by atoms with van der Waals surface area (Å²) in [6, 6.07) is 3.93. The average molecular weight is 271 g/mol. The van der Waals surface area contributed by atoms with Crippen LogP contribution in [0.4, 0.5) is 0 Å². The van der Waals surface area contributed by atoms with Crippen molar-refractivity contribution in [2.24, 2.45) is 0 Å². The molecule has 1 aromatic carbocycles. The third-order valence-corrected chi connectivity index (χ3v) is 3.49. The van der Waals surface area contributed by atoms with Crippen LogP contribution in [0.25, 0.3) is 0 Å². The van der Waals surface area contributed by atoms with E-state index in [1.165, 1.54) is 5.56 Å². The third-order valence-electron chi connectivity index (χ3n) is 2.80. The molecule has 0 aliphatic heterocycles. The molecular formula is C12H15BrO2. The minimum Gasteiger partial charge on any atom is -0.494 e. The number of ether oxygens (including phenoxy) is 1. The summed E-state index contributed by atoms with van der Waals surface area (Å²) in [4.78, 5) is 0. The molecule has 0 heterocycles. The van der Waals surface area contributed by atoms with E-state index in [0.29, 0.717) is 6.61 Å². The molecule has 0 unspecified atom stereocenters. The van der Waals surface area contributed by atoms with Crippen LogP contribution in [-0.2, 0) is 6.42 Å². The second kappa shape index (κ2) is 4.54. The van der Waals surface area contributed by atoms with Gasteiger partial charge in [0.05, 0.1) is 12.7 Å². The van der Waals surface area contributed by atoms with Gasteiger partial charge >= 0.3 is 0 Å². The molecule has 82 valence electrons. The van der Waals surface area contributed by atoms with Crippen molar-refractivity contribution in [1.82, 2.24) is 0 Å². The van der Waals surface area contributed by atoms with E-state index in [1.54, 1.807) is 0 Å². The van der Waals surface area contributed by atoms with Crippen LogP contribution < -0.4 is 4.74 Å². The molecule has 1 aromatic rings. The number of hydrogen-bond acceptors (Lipinski definition) is 2. The maximum absolute atomic E-state index is 9.95. The van der Waals surface area contributed by atoms with Crippen molar-refractivity contribution < 1.29 is 9.84 Å². The molecular weight excluding hydrogens is 256 g/mol. The lowest BCUT2D eigenvalue weighted by atomic mass is 9.89. The van der Waals surface area contributed by atoms with Crippen LogP contribution in [0.3, 0.4) is 0 Å². The molecule has 0 fully saturated rings. The maximum Gasteiger partial charge on any atom is 0.122 e. The van der Waals surface area contributed by atoms with Crippen molar-refractivity contribution in [1.29, 1.82) is 0 Å². The largest absolute Gasteiger partial charge is 0.494 e. The molecule has 0 spiro atoms. The van der Waals surface area contributed by atoms with Gasteiger partial charge in [0.25, 0.3) is 0 Å². The number of aliphatic hydroxyl groups excluding tert-OH is 1. The van der Waals surface area contributed by atoms with Gasteiger partial charge in [0.1, 0.15) is 5.75 Å². The fourth-order valence-corrected chi connectivity index (χ4v) is 2.78. The topological polar surface area (TPSA) is 29.5 Å². The molecule has 1 atom stereocenters. The zero-order valence-electron chi connectivity index (χ0n) is 8.79. The molecule has 1 aliphatic carbocycles. The van der Waals surface area contributed by atoms with Crippen LogP contribution >= 0.6 is 15.9 Å². The summed E-state index contributed by atoms with van der Waals surface area (Å²) in [7, 11) is 0. The van der Waals surface area contributed by atoms with Crippen molar-refractivity contribution in [3.8, 4) is 5.75 Å². The van der Waals surface area contributed by atoms with Crippen molar-refractivity contribution in [3.05, 3.63) is 27.7 Å². The Morgan fingerprint density at radius 1 is 1.53 bits per heavy atom. The minimum absolute atomic E-state index is 0.344. The fourth-order valence-electron chi connectivity index (χ4n) is 2.14. The quantitative estimate of drug-likeness (QED) is 0.894. The summed E-state index contributed by atoms with van der Waals surface area (Å²) in [5, 5.41) is 9.95. The van der Waals surface area contributed by atoms with Gasteiger partial charge in [-0.25, -0.2) is 0 Å². The van der Waals surface area contributed by atoms with E-state index >= 15 is 0 Å². The number of benzene rings is 1. The molecule has 0 bridgehead atoms. The van der Waals surface area contributed by atoms with Crippen LogP contribution in [0.2, 0.25) is 0 Å². The lowest BCUT2D eigenvalue weighted by molar-refractivity contribution is 0.154. The highest BCUT2D eigenvalue weighted by Crippen LogP contribution is 2.39.